The lowest BCUT2D eigenvalue weighted by molar-refractivity contribution is 0.0943. The number of likely N-dealkylation sites (N-methyl/N-ethyl adjacent to an activating group) is 1. The molecule has 23 heavy (non-hydrogen) atoms. The predicted octanol–water partition coefficient (Wildman–Crippen LogP) is 0.975. The van der Waals surface area contributed by atoms with E-state index in [-0.39, 0.29) is 5.91 Å². The monoisotopic (exact) mass is 310 g/mol. The summed E-state index contributed by atoms with van der Waals surface area (Å²) in [4.78, 5) is 19.1. The van der Waals surface area contributed by atoms with E-state index < -0.39 is 0 Å². The number of fused-ring (bicyclic) bond motifs is 2. The molecule has 1 aliphatic heterocycles. The SMILES string of the molecule is CN1CCc2[nH]nc(C(=O)NCc3cn4ccccc4n3)c2C1. The van der Waals surface area contributed by atoms with E-state index in [1.165, 1.54) is 0 Å². The molecular formula is C16H18N6O. The molecule has 0 unspecified atom stereocenters. The second kappa shape index (κ2) is 5.51. The maximum absolute atomic E-state index is 12.4. The van der Waals surface area contributed by atoms with Gasteiger partial charge in [-0.1, -0.05) is 6.07 Å². The number of aromatic nitrogens is 4. The van der Waals surface area contributed by atoms with Crippen molar-refractivity contribution in [3.8, 4) is 0 Å². The van der Waals surface area contributed by atoms with Gasteiger partial charge in [-0.25, -0.2) is 4.98 Å². The van der Waals surface area contributed by atoms with Crippen LogP contribution in [-0.4, -0.2) is 44.0 Å². The van der Waals surface area contributed by atoms with Crippen LogP contribution in [0.1, 0.15) is 27.4 Å². The number of aromatic amines is 1. The second-order valence-corrected chi connectivity index (χ2v) is 5.90. The Balaban J connectivity index is 1.49. The van der Waals surface area contributed by atoms with Crippen LogP contribution in [0.2, 0.25) is 0 Å². The van der Waals surface area contributed by atoms with Crippen LogP contribution in [0.25, 0.3) is 5.65 Å². The summed E-state index contributed by atoms with van der Waals surface area (Å²) >= 11 is 0. The molecule has 118 valence electrons. The van der Waals surface area contributed by atoms with Gasteiger partial charge in [0.15, 0.2) is 5.69 Å². The van der Waals surface area contributed by atoms with Gasteiger partial charge in [-0.2, -0.15) is 5.10 Å². The van der Waals surface area contributed by atoms with Crippen LogP contribution in [0.15, 0.2) is 30.6 Å². The first kappa shape index (κ1) is 14.0. The number of rotatable bonds is 3. The van der Waals surface area contributed by atoms with Crippen LogP contribution in [-0.2, 0) is 19.5 Å². The maximum Gasteiger partial charge on any atom is 0.272 e. The number of hydrogen-bond donors (Lipinski definition) is 2. The first-order chi connectivity index (χ1) is 11.2. The van der Waals surface area contributed by atoms with Crippen molar-refractivity contribution in [1.82, 2.24) is 29.8 Å². The topological polar surface area (TPSA) is 78.3 Å². The van der Waals surface area contributed by atoms with Gasteiger partial charge >= 0.3 is 0 Å². The zero-order valence-electron chi connectivity index (χ0n) is 12.9. The van der Waals surface area contributed by atoms with Crippen molar-refractivity contribution in [3.05, 3.63) is 53.2 Å². The van der Waals surface area contributed by atoms with Gasteiger partial charge < -0.3 is 14.6 Å². The normalized spacial score (nSPS) is 14.8. The third kappa shape index (κ3) is 2.59. The fraction of sp³-hybridized carbons (Fsp3) is 0.312. The minimum atomic E-state index is -0.158. The van der Waals surface area contributed by atoms with Crippen LogP contribution in [0.3, 0.4) is 0 Å². The van der Waals surface area contributed by atoms with Gasteiger partial charge in [0.25, 0.3) is 5.91 Å². The molecule has 0 atom stereocenters. The highest BCUT2D eigenvalue weighted by molar-refractivity contribution is 5.93. The van der Waals surface area contributed by atoms with Crippen molar-refractivity contribution in [2.45, 2.75) is 19.5 Å². The zero-order chi connectivity index (χ0) is 15.8. The summed E-state index contributed by atoms with van der Waals surface area (Å²) in [7, 11) is 2.05. The molecule has 1 aliphatic rings. The third-order valence-electron chi connectivity index (χ3n) is 4.18. The summed E-state index contributed by atoms with van der Waals surface area (Å²) in [6.07, 6.45) is 4.76. The van der Waals surface area contributed by atoms with Gasteiger partial charge in [0.1, 0.15) is 5.65 Å². The first-order valence-electron chi connectivity index (χ1n) is 7.66. The largest absolute Gasteiger partial charge is 0.345 e. The van der Waals surface area contributed by atoms with Gasteiger partial charge in [-0.3, -0.25) is 9.89 Å². The number of nitrogens with one attached hydrogen (secondary N) is 2. The Morgan fingerprint density at radius 1 is 1.43 bits per heavy atom. The van der Waals surface area contributed by atoms with Crippen molar-refractivity contribution in [3.63, 3.8) is 0 Å². The summed E-state index contributed by atoms with van der Waals surface area (Å²) in [5.74, 6) is -0.158. The number of hydrogen-bond acceptors (Lipinski definition) is 4. The number of carbonyl (C=O) groups excluding carboxylic acids is 1. The highest BCUT2D eigenvalue weighted by Crippen LogP contribution is 2.19. The minimum Gasteiger partial charge on any atom is -0.345 e. The Morgan fingerprint density at radius 3 is 3.22 bits per heavy atom. The van der Waals surface area contributed by atoms with E-state index in [0.29, 0.717) is 12.2 Å². The van der Waals surface area contributed by atoms with Gasteiger partial charge in [-0.05, 0) is 19.2 Å². The summed E-state index contributed by atoms with van der Waals surface area (Å²) < 4.78 is 1.94. The number of amides is 1. The van der Waals surface area contributed by atoms with E-state index in [1.54, 1.807) is 0 Å². The Morgan fingerprint density at radius 2 is 2.35 bits per heavy atom. The van der Waals surface area contributed by atoms with Crippen molar-refractivity contribution >= 4 is 11.6 Å². The second-order valence-electron chi connectivity index (χ2n) is 5.90. The smallest absolute Gasteiger partial charge is 0.272 e. The Hall–Kier alpha value is -2.67. The third-order valence-corrected chi connectivity index (χ3v) is 4.18. The lowest BCUT2D eigenvalue weighted by atomic mass is 10.1. The average molecular weight is 310 g/mol. The van der Waals surface area contributed by atoms with Gasteiger partial charge in [0, 0.05) is 43.2 Å². The molecule has 0 saturated carbocycles. The number of carbonyl (C=O) groups is 1. The molecule has 0 spiro atoms. The van der Waals surface area contributed by atoms with E-state index in [2.05, 4.69) is 25.4 Å². The summed E-state index contributed by atoms with van der Waals surface area (Å²) in [5, 5.41) is 10.1. The molecule has 0 bridgehead atoms. The average Bonchev–Trinajstić information content (AvgIpc) is 3.15. The molecule has 1 amide bonds. The maximum atomic E-state index is 12.4. The number of imidazole rings is 1. The predicted molar refractivity (Wildman–Crippen MR) is 85.0 cm³/mol. The van der Waals surface area contributed by atoms with Gasteiger partial charge in [0.05, 0.1) is 12.2 Å². The van der Waals surface area contributed by atoms with E-state index in [4.69, 9.17) is 0 Å². The molecule has 0 aliphatic carbocycles. The van der Waals surface area contributed by atoms with E-state index in [9.17, 15) is 4.79 Å². The molecular weight excluding hydrogens is 292 g/mol. The van der Waals surface area contributed by atoms with Crippen molar-refractivity contribution in [2.75, 3.05) is 13.6 Å². The molecule has 7 heteroatoms. The van der Waals surface area contributed by atoms with Crippen LogP contribution in [0, 0.1) is 0 Å². The van der Waals surface area contributed by atoms with E-state index in [0.717, 1.165) is 42.1 Å². The Kier molecular flexibility index (Phi) is 3.34. The van der Waals surface area contributed by atoms with Crippen molar-refractivity contribution in [1.29, 1.82) is 0 Å². The number of nitrogens with zero attached hydrogens (tertiary/aromatic N) is 4. The fourth-order valence-electron chi connectivity index (χ4n) is 2.94. The molecule has 7 nitrogen and oxygen atoms in total. The highest BCUT2D eigenvalue weighted by atomic mass is 16.1. The number of H-pyrrole nitrogens is 1. The lowest BCUT2D eigenvalue weighted by Gasteiger charge is -2.22. The Labute approximate surface area is 133 Å². The highest BCUT2D eigenvalue weighted by Gasteiger charge is 2.23. The molecule has 3 aromatic rings. The van der Waals surface area contributed by atoms with Crippen LogP contribution < -0.4 is 5.32 Å². The molecule has 0 radical (unpaired) electrons. The van der Waals surface area contributed by atoms with E-state index in [1.807, 2.05) is 42.0 Å². The fourth-order valence-corrected chi connectivity index (χ4v) is 2.94. The van der Waals surface area contributed by atoms with Crippen molar-refractivity contribution < 1.29 is 4.79 Å². The van der Waals surface area contributed by atoms with Gasteiger partial charge in [-0.15, -0.1) is 0 Å². The first-order valence-corrected chi connectivity index (χ1v) is 7.66. The van der Waals surface area contributed by atoms with E-state index >= 15 is 0 Å². The van der Waals surface area contributed by atoms with Crippen LogP contribution in [0.5, 0.6) is 0 Å². The molecule has 4 heterocycles. The van der Waals surface area contributed by atoms with Crippen molar-refractivity contribution in [2.24, 2.45) is 0 Å². The molecule has 0 aromatic carbocycles. The lowest BCUT2D eigenvalue weighted by Crippen LogP contribution is -2.29. The summed E-state index contributed by atoms with van der Waals surface area (Å²) in [6, 6.07) is 5.83. The number of pyridine rings is 1. The zero-order valence-corrected chi connectivity index (χ0v) is 12.9. The summed E-state index contributed by atoms with van der Waals surface area (Å²) in [5.41, 5.74) is 4.27. The van der Waals surface area contributed by atoms with Crippen LogP contribution in [0.4, 0.5) is 0 Å². The molecule has 0 saturated heterocycles. The van der Waals surface area contributed by atoms with Crippen LogP contribution >= 0.6 is 0 Å². The quantitative estimate of drug-likeness (QED) is 0.756. The molecule has 2 N–H and O–H groups in total. The Bertz CT molecular complexity index is 831. The molecule has 3 aromatic heterocycles. The standard InChI is InChI=1S/C16H18N6O/c1-21-7-5-13-12(10-21)15(20-19-13)16(23)17-8-11-9-22-6-3-2-4-14(22)18-11/h2-4,6,9H,5,7-8,10H2,1H3,(H,17,23)(H,19,20). The minimum absolute atomic E-state index is 0.158. The summed E-state index contributed by atoms with van der Waals surface area (Å²) in [6.45, 7) is 2.12. The molecule has 0 fully saturated rings. The molecule has 4 rings (SSSR count). The van der Waals surface area contributed by atoms with Gasteiger partial charge in [0.2, 0.25) is 0 Å².